The number of anilines is 1. The number of hydrogen-bond donors (Lipinski definition) is 2. The molecule has 0 unspecified atom stereocenters. The van der Waals surface area contributed by atoms with Gasteiger partial charge in [-0.15, -0.1) is 11.3 Å². The highest BCUT2D eigenvalue weighted by atomic mass is 32.1. The van der Waals surface area contributed by atoms with E-state index in [1.807, 2.05) is 56.4 Å². The molecular formula is C31H34N4O4S. The summed E-state index contributed by atoms with van der Waals surface area (Å²) >= 11 is 1.31. The summed E-state index contributed by atoms with van der Waals surface area (Å²) in [6, 6.07) is 22.6. The van der Waals surface area contributed by atoms with Crippen LogP contribution in [0.1, 0.15) is 39.6 Å². The van der Waals surface area contributed by atoms with Crippen LogP contribution in [-0.2, 0) is 6.54 Å². The van der Waals surface area contributed by atoms with E-state index in [2.05, 4.69) is 34.3 Å². The van der Waals surface area contributed by atoms with Gasteiger partial charge in [0.15, 0.2) is 10.8 Å². The van der Waals surface area contributed by atoms with Gasteiger partial charge >= 0.3 is 0 Å². The summed E-state index contributed by atoms with van der Waals surface area (Å²) in [4.78, 5) is 35.4. The van der Waals surface area contributed by atoms with Gasteiger partial charge in [0.05, 0.1) is 34.1 Å². The standard InChI is InChI=1S/C31H34N4O4S/c1-20-16-35(21(2)19-36)31(38)23-12-9-14-25(32-29(37)30-33-24-13-7-8-15-27(24)40-30)28(23)39-26(20)18-34(3)17-22-10-5-4-6-11-22/h4-15,20-21,26,36H,16-19H2,1-3H3,(H,32,37)/t20-,21-,26-/m1/s1. The molecule has 2 heterocycles. The molecule has 5 rings (SSSR count). The number of para-hydroxylation sites is 2. The lowest BCUT2D eigenvalue weighted by molar-refractivity contribution is 0.0343. The summed E-state index contributed by atoms with van der Waals surface area (Å²) in [7, 11) is 2.04. The maximum atomic E-state index is 13.7. The van der Waals surface area contributed by atoms with Gasteiger partial charge in [-0.25, -0.2) is 4.98 Å². The number of amides is 2. The first-order valence-corrected chi connectivity index (χ1v) is 14.3. The van der Waals surface area contributed by atoms with Gasteiger partial charge in [0.1, 0.15) is 6.10 Å². The van der Waals surface area contributed by atoms with Gasteiger partial charge in [-0.3, -0.25) is 14.5 Å². The fraction of sp³-hybridized carbons (Fsp3) is 0.323. The molecular weight excluding hydrogens is 524 g/mol. The van der Waals surface area contributed by atoms with Crippen molar-refractivity contribution in [2.24, 2.45) is 5.92 Å². The van der Waals surface area contributed by atoms with Gasteiger partial charge in [0, 0.05) is 25.6 Å². The van der Waals surface area contributed by atoms with Crippen molar-refractivity contribution in [2.45, 2.75) is 32.5 Å². The first kappa shape index (κ1) is 27.8. The van der Waals surface area contributed by atoms with Crippen molar-refractivity contribution >= 4 is 39.1 Å². The average Bonchev–Trinajstić information content (AvgIpc) is 3.40. The zero-order chi connectivity index (χ0) is 28.2. The van der Waals surface area contributed by atoms with Crippen LogP contribution in [-0.4, -0.2) is 70.6 Å². The SMILES string of the molecule is C[C@@H]1CN([C@H](C)CO)C(=O)c2cccc(NC(=O)c3nc4ccccc4s3)c2O[C@@H]1CN(C)Cc1ccccc1. The van der Waals surface area contributed by atoms with Crippen LogP contribution in [0.15, 0.2) is 72.8 Å². The van der Waals surface area contributed by atoms with Crippen LogP contribution in [0.4, 0.5) is 5.69 Å². The molecule has 1 aliphatic rings. The second-order valence-electron chi connectivity index (χ2n) is 10.4. The lowest BCUT2D eigenvalue weighted by Gasteiger charge is -2.38. The zero-order valence-corrected chi connectivity index (χ0v) is 23.7. The second kappa shape index (κ2) is 12.2. The maximum absolute atomic E-state index is 13.7. The molecule has 0 bridgehead atoms. The monoisotopic (exact) mass is 558 g/mol. The van der Waals surface area contributed by atoms with Gasteiger partial charge in [-0.1, -0.05) is 55.5 Å². The Bertz CT molecular complexity index is 1460. The third-order valence-corrected chi connectivity index (χ3v) is 8.25. The van der Waals surface area contributed by atoms with E-state index in [1.165, 1.54) is 16.9 Å². The fourth-order valence-electron chi connectivity index (χ4n) is 4.97. The molecule has 0 saturated heterocycles. The molecule has 3 atom stereocenters. The third-order valence-electron chi connectivity index (χ3n) is 7.21. The Kier molecular flexibility index (Phi) is 8.44. The molecule has 0 radical (unpaired) electrons. The van der Waals surface area contributed by atoms with E-state index in [9.17, 15) is 14.7 Å². The number of thiazole rings is 1. The number of aromatic nitrogens is 1. The van der Waals surface area contributed by atoms with Crippen LogP contribution in [0.25, 0.3) is 10.2 Å². The molecule has 2 N–H and O–H groups in total. The molecule has 1 aliphatic heterocycles. The van der Waals surface area contributed by atoms with Gasteiger partial charge in [0.2, 0.25) is 0 Å². The zero-order valence-electron chi connectivity index (χ0n) is 22.9. The number of carbonyl (C=O) groups is 2. The Labute approximate surface area is 238 Å². The van der Waals surface area contributed by atoms with Crippen molar-refractivity contribution in [2.75, 3.05) is 32.1 Å². The third kappa shape index (κ3) is 6.01. The summed E-state index contributed by atoms with van der Waals surface area (Å²) < 4.78 is 7.56. The predicted molar refractivity (Wildman–Crippen MR) is 158 cm³/mol. The molecule has 208 valence electrons. The topological polar surface area (TPSA) is 95.0 Å². The first-order valence-electron chi connectivity index (χ1n) is 13.4. The van der Waals surface area contributed by atoms with E-state index < -0.39 is 0 Å². The van der Waals surface area contributed by atoms with Gasteiger partial charge in [-0.2, -0.15) is 0 Å². The van der Waals surface area contributed by atoms with Crippen molar-refractivity contribution in [3.8, 4) is 5.75 Å². The van der Waals surface area contributed by atoms with Gasteiger partial charge in [-0.05, 0) is 43.8 Å². The van der Waals surface area contributed by atoms with Crippen molar-refractivity contribution in [1.29, 1.82) is 0 Å². The molecule has 0 saturated carbocycles. The minimum Gasteiger partial charge on any atom is -0.486 e. The minimum absolute atomic E-state index is 0.0441. The van der Waals surface area contributed by atoms with E-state index in [0.29, 0.717) is 35.1 Å². The number of aliphatic hydroxyl groups is 1. The Morgan fingerprint density at radius 2 is 1.90 bits per heavy atom. The van der Waals surface area contributed by atoms with Crippen LogP contribution < -0.4 is 10.1 Å². The molecule has 2 amide bonds. The summed E-state index contributed by atoms with van der Waals surface area (Å²) in [6.07, 6.45) is -0.283. The smallest absolute Gasteiger partial charge is 0.284 e. The normalized spacial score (nSPS) is 18.1. The number of carbonyl (C=O) groups excluding carboxylic acids is 2. The van der Waals surface area contributed by atoms with Gasteiger partial charge in [0.25, 0.3) is 11.8 Å². The fourth-order valence-corrected chi connectivity index (χ4v) is 5.83. The molecule has 3 aromatic carbocycles. The number of hydrogen-bond acceptors (Lipinski definition) is 7. The van der Waals surface area contributed by atoms with Crippen LogP contribution in [0.5, 0.6) is 5.75 Å². The van der Waals surface area contributed by atoms with Crippen molar-refractivity contribution < 1.29 is 19.4 Å². The molecule has 8 nitrogen and oxygen atoms in total. The number of aliphatic hydroxyl groups excluding tert-OH is 1. The van der Waals surface area contributed by atoms with Crippen LogP contribution in [0, 0.1) is 5.92 Å². The summed E-state index contributed by atoms with van der Waals surface area (Å²) in [6.45, 7) is 5.52. The largest absolute Gasteiger partial charge is 0.486 e. The van der Waals surface area contributed by atoms with Crippen LogP contribution >= 0.6 is 11.3 Å². The maximum Gasteiger partial charge on any atom is 0.284 e. The number of nitrogens with one attached hydrogen (secondary N) is 1. The number of likely N-dealkylation sites (N-methyl/N-ethyl adjacent to an activating group) is 1. The van der Waals surface area contributed by atoms with Crippen molar-refractivity contribution in [3.05, 3.63) is 88.9 Å². The number of nitrogens with zero attached hydrogens (tertiary/aromatic N) is 3. The van der Waals surface area contributed by atoms with Crippen molar-refractivity contribution in [1.82, 2.24) is 14.8 Å². The lowest BCUT2D eigenvalue weighted by atomic mass is 9.98. The number of ether oxygens (including phenoxy) is 1. The van der Waals surface area contributed by atoms with E-state index >= 15 is 0 Å². The quantitative estimate of drug-likeness (QED) is 0.320. The van der Waals surface area contributed by atoms with Crippen molar-refractivity contribution in [3.63, 3.8) is 0 Å². The van der Waals surface area contributed by atoms with Crippen LogP contribution in [0.2, 0.25) is 0 Å². The highest BCUT2D eigenvalue weighted by Gasteiger charge is 2.34. The summed E-state index contributed by atoms with van der Waals surface area (Å²) in [5.41, 5.74) is 2.72. The van der Waals surface area contributed by atoms with Crippen LogP contribution in [0.3, 0.4) is 0 Å². The summed E-state index contributed by atoms with van der Waals surface area (Å²) in [5.74, 6) is -0.311. The Morgan fingerprint density at radius 3 is 2.65 bits per heavy atom. The average molecular weight is 559 g/mol. The first-order chi connectivity index (χ1) is 19.3. The highest BCUT2D eigenvalue weighted by molar-refractivity contribution is 7.20. The molecule has 0 spiro atoms. The predicted octanol–water partition coefficient (Wildman–Crippen LogP) is 4.90. The molecule has 40 heavy (non-hydrogen) atoms. The van der Waals surface area contributed by atoms with Gasteiger partial charge < -0.3 is 20.1 Å². The van der Waals surface area contributed by atoms with E-state index in [4.69, 9.17) is 4.74 Å². The molecule has 1 aromatic heterocycles. The number of benzene rings is 3. The Balaban J connectivity index is 1.47. The van der Waals surface area contributed by atoms with E-state index in [0.717, 1.165) is 16.8 Å². The second-order valence-corrected chi connectivity index (χ2v) is 11.5. The number of fused-ring (bicyclic) bond motifs is 2. The summed E-state index contributed by atoms with van der Waals surface area (Å²) in [5, 5.41) is 13.2. The Hall–Kier alpha value is -3.79. The van der Waals surface area contributed by atoms with E-state index in [1.54, 1.807) is 23.1 Å². The lowest BCUT2D eigenvalue weighted by Crippen LogP contribution is -2.49. The molecule has 9 heteroatoms. The Morgan fingerprint density at radius 1 is 1.15 bits per heavy atom. The highest BCUT2D eigenvalue weighted by Crippen LogP contribution is 2.35. The molecule has 0 aliphatic carbocycles. The molecule has 4 aromatic rings. The molecule has 0 fully saturated rings. The van der Waals surface area contributed by atoms with E-state index in [-0.39, 0.29) is 36.5 Å². The number of rotatable bonds is 8. The minimum atomic E-state index is -0.371.